The Morgan fingerprint density at radius 1 is 0.952 bits per heavy atom. The average molecular weight is 605 g/mol. The number of hydrogen-bond donors (Lipinski definition) is 3. The summed E-state index contributed by atoms with van der Waals surface area (Å²) in [5.74, 6) is 0.686. The van der Waals surface area contributed by atoms with Gasteiger partial charge in [-0.15, -0.1) is 0 Å². The quantitative estimate of drug-likeness (QED) is 0.135. The molecular formula is C33H31Cl2N3O4. The number of halogens is 2. The molecule has 1 aliphatic rings. The van der Waals surface area contributed by atoms with Crippen molar-refractivity contribution in [3.8, 4) is 5.75 Å². The lowest BCUT2D eigenvalue weighted by atomic mass is 9.82. The molecule has 0 saturated heterocycles. The standard InChI is InChI=1S/C33H31Cl2N3O4/c34-27-15-12-26(29(35)20-27)22-36-38-32(40)33(21-23-8-3-1-4-9-23)30(24-10-5-2-6-11-24)42-31(37-33)25-13-16-28(17-14-25)41-19-7-18-39/h1-6,8-17,20,30,36,39H,7,18-19,21-22H2,(H,38,40)/t30-,33-/m0/s1. The van der Waals surface area contributed by atoms with Gasteiger partial charge in [-0.1, -0.05) is 89.9 Å². The van der Waals surface area contributed by atoms with Crippen LogP contribution in [0, 0.1) is 0 Å². The summed E-state index contributed by atoms with van der Waals surface area (Å²) in [5.41, 5.74) is 7.84. The summed E-state index contributed by atoms with van der Waals surface area (Å²) < 4.78 is 12.2. The molecule has 5 rings (SSSR count). The van der Waals surface area contributed by atoms with Crippen LogP contribution in [0.15, 0.2) is 108 Å². The maximum Gasteiger partial charge on any atom is 0.266 e. The van der Waals surface area contributed by atoms with Crippen molar-refractivity contribution in [3.63, 3.8) is 0 Å². The summed E-state index contributed by atoms with van der Waals surface area (Å²) in [6.07, 6.45) is 0.149. The minimum Gasteiger partial charge on any atom is -0.494 e. The van der Waals surface area contributed by atoms with Gasteiger partial charge in [-0.2, -0.15) is 0 Å². The van der Waals surface area contributed by atoms with E-state index in [0.717, 1.165) is 16.7 Å². The van der Waals surface area contributed by atoms with Crippen molar-refractivity contribution in [1.29, 1.82) is 0 Å². The number of aliphatic imine (C=N–C) groups is 1. The highest BCUT2D eigenvalue weighted by atomic mass is 35.5. The zero-order valence-corrected chi connectivity index (χ0v) is 24.3. The first-order chi connectivity index (χ1) is 20.5. The normalized spacial score (nSPS) is 17.8. The van der Waals surface area contributed by atoms with Crippen LogP contribution in [-0.4, -0.2) is 35.7 Å². The minimum atomic E-state index is -1.33. The lowest BCUT2D eigenvalue weighted by Gasteiger charge is -2.31. The number of rotatable bonds is 12. The molecule has 216 valence electrons. The molecule has 0 saturated carbocycles. The summed E-state index contributed by atoms with van der Waals surface area (Å²) in [5, 5.41) is 10.1. The number of aliphatic hydroxyl groups excluding tert-OH is 1. The van der Waals surface area contributed by atoms with Gasteiger partial charge in [0.05, 0.1) is 6.61 Å². The second kappa shape index (κ2) is 13.9. The monoisotopic (exact) mass is 603 g/mol. The predicted molar refractivity (Wildman–Crippen MR) is 165 cm³/mol. The Morgan fingerprint density at radius 2 is 1.67 bits per heavy atom. The van der Waals surface area contributed by atoms with E-state index in [1.165, 1.54) is 0 Å². The first-order valence-electron chi connectivity index (χ1n) is 13.7. The summed E-state index contributed by atoms with van der Waals surface area (Å²) in [7, 11) is 0. The number of carbonyl (C=O) groups excluding carboxylic acids is 1. The van der Waals surface area contributed by atoms with E-state index >= 15 is 0 Å². The van der Waals surface area contributed by atoms with Crippen LogP contribution in [0.1, 0.15) is 34.8 Å². The Morgan fingerprint density at radius 3 is 2.36 bits per heavy atom. The lowest BCUT2D eigenvalue weighted by molar-refractivity contribution is -0.130. The van der Waals surface area contributed by atoms with E-state index in [-0.39, 0.29) is 19.1 Å². The third-order valence-electron chi connectivity index (χ3n) is 6.94. The highest BCUT2D eigenvalue weighted by Crippen LogP contribution is 2.42. The Kier molecular flexibility index (Phi) is 9.77. The highest BCUT2D eigenvalue weighted by molar-refractivity contribution is 6.35. The molecule has 2 atom stereocenters. The van der Waals surface area contributed by atoms with Crippen molar-refractivity contribution < 1.29 is 19.4 Å². The molecule has 1 heterocycles. The predicted octanol–water partition coefficient (Wildman–Crippen LogP) is 6.08. The van der Waals surface area contributed by atoms with Gasteiger partial charge in [0.2, 0.25) is 5.90 Å². The molecule has 42 heavy (non-hydrogen) atoms. The molecule has 1 amide bonds. The molecule has 0 fully saturated rings. The van der Waals surface area contributed by atoms with E-state index < -0.39 is 11.6 Å². The molecule has 0 aliphatic carbocycles. The van der Waals surface area contributed by atoms with Gasteiger partial charge < -0.3 is 14.6 Å². The Bertz CT molecular complexity index is 1520. The second-order valence-corrected chi connectivity index (χ2v) is 10.7. The third kappa shape index (κ3) is 6.94. The molecule has 9 heteroatoms. The van der Waals surface area contributed by atoms with E-state index in [2.05, 4.69) is 10.9 Å². The molecule has 0 aromatic heterocycles. The SMILES string of the molecule is O=C(NNCc1ccc(Cl)cc1Cl)[C@@]1(Cc2ccccc2)N=C(c2ccc(OCCCO)cc2)O[C@H]1c1ccccc1. The maximum atomic E-state index is 14.2. The number of benzene rings is 4. The maximum absolute atomic E-state index is 14.2. The lowest BCUT2D eigenvalue weighted by Crippen LogP contribution is -2.53. The largest absolute Gasteiger partial charge is 0.494 e. The summed E-state index contributed by atoms with van der Waals surface area (Å²) >= 11 is 12.4. The fraction of sp³-hybridized carbons (Fsp3) is 0.212. The van der Waals surface area contributed by atoms with Gasteiger partial charge in [0.1, 0.15) is 5.75 Å². The van der Waals surface area contributed by atoms with E-state index in [0.29, 0.717) is 46.7 Å². The number of hydrazine groups is 1. The van der Waals surface area contributed by atoms with Crippen molar-refractivity contribution in [2.75, 3.05) is 13.2 Å². The van der Waals surface area contributed by atoms with Crippen LogP contribution in [0.5, 0.6) is 5.75 Å². The van der Waals surface area contributed by atoms with Crippen molar-refractivity contribution in [3.05, 3.63) is 135 Å². The molecule has 0 bridgehead atoms. The van der Waals surface area contributed by atoms with Gasteiger partial charge in [0, 0.05) is 41.6 Å². The van der Waals surface area contributed by atoms with Gasteiger partial charge in [-0.3, -0.25) is 10.2 Å². The van der Waals surface area contributed by atoms with Gasteiger partial charge in [0.15, 0.2) is 11.6 Å². The number of carbonyl (C=O) groups is 1. The zero-order valence-electron chi connectivity index (χ0n) is 22.8. The van der Waals surface area contributed by atoms with Crippen molar-refractivity contribution in [2.24, 2.45) is 4.99 Å². The van der Waals surface area contributed by atoms with Crippen molar-refractivity contribution >= 4 is 35.0 Å². The van der Waals surface area contributed by atoms with E-state index in [1.54, 1.807) is 12.1 Å². The fourth-order valence-corrected chi connectivity index (χ4v) is 5.29. The number of aliphatic hydroxyl groups is 1. The van der Waals surface area contributed by atoms with E-state index in [4.69, 9.17) is 42.8 Å². The molecule has 0 unspecified atom stereocenters. The van der Waals surface area contributed by atoms with Crippen LogP contribution >= 0.6 is 23.2 Å². The Hall–Kier alpha value is -3.88. The molecule has 4 aromatic rings. The fourth-order valence-electron chi connectivity index (χ4n) is 4.81. The number of nitrogens with one attached hydrogen (secondary N) is 2. The van der Waals surface area contributed by atoms with Crippen LogP contribution in [0.4, 0.5) is 0 Å². The third-order valence-corrected chi connectivity index (χ3v) is 7.53. The van der Waals surface area contributed by atoms with Gasteiger partial charge in [-0.25, -0.2) is 10.4 Å². The average Bonchev–Trinajstić information content (AvgIpc) is 3.40. The number of nitrogens with zero attached hydrogens (tertiary/aromatic N) is 1. The Labute approximate surface area is 255 Å². The van der Waals surface area contributed by atoms with Crippen LogP contribution in [0.3, 0.4) is 0 Å². The van der Waals surface area contributed by atoms with Crippen LogP contribution in [0.2, 0.25) is 10.0 Å². The molecule has 3 N–H and O–H groups in total. The first-order valence-corrected chi connectivity index (χ1v) is 14.4. The molecular weight excluding hydrogens is 573 g/mol. The first kappa shape index (κ1) is 29.6. The second-order valence-electron chi connectivity index (χ2n) is 9.91. The van der Waals surface area contributed by atoms with Crippen LogP contribution in [-0.2, 0) is 22.5 Å². The van der Waals surface area contributed by atoms with Crippen molar-refractivity contribution in [1.82, 2.24) is 10.9 Å². The topological polar surface area (TPSA) is 92.2 Å². The van der Waals surface area contributed by atoms with E-state index in [9.17, 15) is 4.79 Å². The molecule has 1 aliphatic heterocycles. The molecule has 0 spiro atoms. The summed E-state index contributed by atoms with van der Waals surface area (Å²) in [4.78, 5) is 19.2. The summed E-state index contributed by atoms with van der Waals surface area (Å²) in [6.45, 7) is 0.767. The zero-order chi connectivity index (χ0) is 29.4. The van der Waals surface area contributed by atoms with Gasteiger partial charge in [0.25, 0.3) is 5.91 Å². The number of amides is 1. The van der Waals surface area contributed by atoms with Crippen LogP contribution in [0.25, 0.3) is 0 Å². The van der Waals surface area contributed by atoms with Crippen LogP contribution < -0.4 is 15.6 Å². The molecule has 7 nitrogen and oxygen atoms in total. The van der Waals surface area contributed by atoms with Gasteiger partial charge >= 0.3 is 0 Å². The smallest absolute Gasteiger partial charge is 0.266 e. The molecule has 4 aromatic carbocycles. The molecule has 0 radical (unpaired) electrons. The number of ether oxygens (including phenoxy) is 2. The van der Waals surface area contributed by atoms with Crippen molar-refractivity contribution in [2.45, 2.75) is 31.0 Å². The summed E-state index contributed by atoms with van der Waals surface area (Å²) in [6, 6.07) is 32.0. The minimum absolute atomic E-state index is 0.0662. The Balaban J connectivity index is 1.48. The highest BCUT2D eigenvalue weighted by Gasteiger charge is 2.53. The number of hydrogen-bond acceptors (Lipinski definition) is 6. The van der Waals surface area contributed by atoms with Gasteiger partial charge in [-0.05, 0) is 53.1 Å². The van der Waals surface area contributed by atoms with E-state index in [1.807, 2.05) is 91.0 Å².